The lowest BCUT2D eigenvalue weighted by Gasteiger charge is -2.25. The lowest BCUT2D eigenvalue weighted by Crippen LogP contribution is -2.29. The average molecular weight is 501 g/mol. The molecule has 0 bridgehead atoms. The number of thiophene rings is 1. The summed E-state index contributed by atoms with van der Waals surface area (Å²) in [6.45, 7) is 2.23. The van der Waals surface area contributed by atoms with Gasteiger partial charge in [0.2, 0.25) is 5.88 Å². The second-order valence-electron chi connectivity index (χ2n) is 8.66. The molecular formula is C23H21F6N3OS. The predicted octanol–water partition coefficient (Wildman–Crippen LogP) is 7.00. The van der Waals surface area contributed by atoms with Crippen LogP contribution in [0.4, 0.5) is 26.3 Å². The number of ether oxygens (including phenoxy) is 1. The van der Waals surface area contributed by atoms with Gasteiger partial charge in [-0.05, 0) is 69.0 Å². The summed E-state index contributed by atoms with van der Waals surface area (Å²) < 4.78 is 85.7. The maximum atomic E-state index is 13.3. The van der Waals surface area contributed by atoms with E-state index in [0.717, 1.165) is 62.1 Å². The quantitative estimate of drug-likeness (QED) is 0.361. The number of likely N-dealkylation sites (tertiary alicyclic amines) is 1. The minimum atomic E-state index is -4.95. The number of piperidine rings is 1. The zero-order valence-electron chi connectivity index (χ0n) is 18.0. The van der Waals surface area contributed by atoms with E-state index in [1.807, 2.05) is 0 Å². The molecule has 2 aromatic heterocycles. The molecule has 34 heavy (non-hydrogen) atoms. The van der Waals surface area contributed by atoms with E-state index in [1.165, 1.54) is 11.3 Å². The van der Waals surface area contributed by atoms with E-state index in [-0.39, 0.29) is 11.9 Å². The van der Waals surface area contributed by atoms with Crippen LogP contribution in [0, 0.1) is 0 Å². The first-order valence-corrected chi connectivity index (χ1v) is 11.9. The first-order valence-electron chi connectivity index (χ1n) is 11.1. The Labute approximate surface area is 195 Å². The number of rotatable bonds is 4. The minimum absolute atomic E-state index is 0.0175. The topological polar surface area (TPSA) is 38.2 Å². The smallest absolute Gasteiger partial charge is 0.416 e. The third-order valence-corrected chi connectivity index (χ3v) is 7.35. The number of aryl methyl sites for hydroxylation is 2. The molecular weight excluding hydrogens is 480 g/mol. The van der Waals surface area contributed by atoms with E-state index >= 15 is 0 Å². The molecule has 11 heteroatoms. The monoisotopic (exact) mass is 501 g/mol. The van der Waals surface area contributed by atoms with Gasteiger partial charge in [-0.3, -0.25) is 4.90 Å². The lowest BCUT2D eigenvalue weighted by atomic mass is 10.1. The fourth-order valence-corrected chi connectivity index (χ4v) is 5.83. The van der Waals surface area contributed by atoms with Gasteiger partial charge in [-0.1, -0.05) is 6.42 Å². The molecule has 0 N–H and O–H groups in total. The summed E-state index contributed by atoms with van der Waals surface area (Å²) in [6.07, 6.45) is -4.11. The Bertz CT molecular complexity index is 1180. The van der Waals surface area contributed by atoms with E-state index in [4.69, 9.17) is 4.74 Å². The van der Waals surface area contributed by atoms with Crippen molar-refractivity contribution in [1.29, 1.82) is 0 Å². The van der Waals surface area contributed by atoms with Crippen molar-refractivity contribution in [2.45, 2.75) is 57.4 Å². The molecule has 3 heterocycles. The van der Waals surface area contributed by atoms with Crippen LogP contribution in [0.1, 0.15) is 53.1 Å². The zero-order valence-corrected chi connectivity index (χ0v) is 18.8. The van der Waals surface area contributed by atoms with Gasteiger partial charge in [0.25, 0.3) is 0 Å². The summed E-state index contributed by atoms with van der Waals surface area (Å²) in [5.41, 5.74) is -1.87. The summed E-state index contributed by atoms with van der Waals surface area (Å²) in [4.78, 5) is 13.1. The van der Waals surface area contributed by atoms with Gasteiger partial charge >= 0.3 is 12.4 Å². The van der Waals surface area contributed by atoms with Gasteiger partial charge in [-0.25, -0.2) is 4.98 Å². The Kier molecular flexibility index (Phi) is 5.96. The van der Waals surface area contributed by atoms with Gasteiger partial charge in [0.1, 0.15) is 16.4 Å². The number of halogens is 6. The molecule has 1 aliphatic carbocycles. The Hall–Kier alpha value is -2.40. The van der Waals surface area contributed by atoms with Gasteiger partial charge in [-0.2, -0.15) is 31.3 Å². The molecule has 0 unspecified atom stereocenters. The van der Waals surface area contributed by atoms with Crippen molar-refractivity contribution < 1.29 is 31.1 Å². The summed E-state index contributed by atoms with van der Waals surface area (Å²) in [5, 5.41) is 0.589. The largest absolute Gasteiger partial charge is 0.438 e. The summed E-state index contributed by atoms with van der Waals surface area (Å²) in [5.74, 6) is -0.0831. The fourth-order valence-electron chi connectivity index (χ4n) is 4.56. The van der Waals surface area contributed by atoms with Crippen LogP contribution in [-0.4, -0.2) is 28.0 Å². The SMILES string of the molecule is FC(F)(F)c1cc(Oc2nc(CN3CCCCC3)nc3sc4c(c23)CCC4)cc(C(F)(F)F)c1. The highest BCUT2D eigenvalue weighted by Gasteiger charge is 2.37. The Balaban J connectivity index is 1.58. The number of hydrogen-bond acceptors (Lipinski definition) is 5. The van der Waals surface area contributed by atoms with Crippen molar-refractivity contribution in [1.82, 2.24) is 14.9 Å². The normalized spacial score (nSPS) is 17.4. The number of fused-ring (bicyclic) bond motifs is 3. The van der Waals surface area contributed by atoms with Crippen molar-refractivity contribution in [3.05, 3.63) is 45.6 Å². The van der Waals surface area contributed by atoms with Crippen molar-refractivity contribution in [3.63, 3.8) is 0 Å². The Morgan fingerprint density at radius 3 is 2.18 bits per heavy atom. The van der Waals surface area contributed by atoms with Crippen LogP contribution in [0.2, 0.25) is 0 Å². The highest BCUT2D eigenvalue weighted by atomic mass is 32.1. The third-order valence-electron chi connectivity index (χ3n) is 6.17. The maximum Gasteiger partial charge on any atom is 0.416 e. The first-order chi connectivity index (χ1) is 16.1. The Morgan fingerprint density at radius 1 is 0.853 bits per heavy atom. The van der Waals surface area contributed by atoms with Gasteiger partial charge in [-0.15, -0.1) is 11.3 Å². The van der Waals surface area contributed by atoms with Crippen LogP contribution < -0.4 is 4.74 Å². The first kappa shape index (κ1) is 23.3. The number of hydrogen-bond donors (Lipinski definition) is 0. The number of nitrogens with zero attached hydrogens (tertiary/aromatic N) is 3. The van der Waals surface area contributed by atoms with Crippen molar-refractivity contribution in [3.8, 4) is 11.6 Å². The Morgan fingerprint density at radius 2 is 1.53 bits per heavy atom. The molecule has 1 aromatic carbocycles. The summed E-state index contributed by atoms with van der Waals surface area (Å²) in [6, 6.07) is 1.26. The van der Waals surface area contributed by atoms with E-state index in [2.05, 4.69) is 14.9 Å². The molecule has 3 aromatic rings. The van der Waals surface area contributed by atoms with Crippen LogP contribution >= 0.6 is 11.3 Å². The molecule has 5 rings (SSSR count). The van der Waals surface area contributed by atoms with Crippen LogP contribution in [0.15, 0.2) is 18.2 Å². The molecule has 2 aliphatic rings. The second-order valence-corrected chi connectivity index (χ2v) is 9.75. The fraction of sp³-hybridized carbons (Fsp3) is 0.478. The minimum Gasteiger partial charge on any atom is -0.438 e. The highest BCUT2D eigenvalue weighted by molar-refractivity contribution is 7.19. The second kappa shape index (κ2) is 8.67. The van der Waals surface area contributed by atoms with Crippen LogP contribution in [-0.2, 0) is 31.7 Å². The standard InChI is InChI=1S/C23H21F6N3OS/c24-22(25,26)13-9-14(23(27,28)29)11-15(10-13)33-20-19-16-5-4-6-17(16)34-21(19)31-18(30-20)12-32-7-2-1-3-8-32/h9-11H,1-8,12H2. The van der Waals surface area contributed by atoms with Crippen LogP contribution in [0.5, 0.6) is 11.6 Å². The number of alkyl halides is 6. The van der Waals surface area contributed by atoms with E-state index in [9.17, 15) is 26.3 Å². The van der Waals surface area contributed by atoms with Gasteiger partial charge < -0.3 is 4.74 Å². The molecule has 0 spiro atoms. The molecule has 1 saturated heterocycles. The molecule has 1 fully saturated rings. The highest BCUT2D eigenvalue weighted by Crippen LogP contribution is 2.43. The average Bonchev–Trinajstić information content (AvgIpc) is 3.34. The van der Waals surface area contributed by atoms with Gasteiger partial charge in [0.05, 0.1) is 23.1 Å². The molecule has 1 aliphatic heterocycles. The number of benzene rings is 1. The van der Waals surface area contributed by atoms with Crippen molar-refractivity contribution >= 4 is 21.6 Å². The van der Waals surface area contributed by atoms with Crippen molar-refractivity contribution in [2.75, 3.05) is 13.1 Å². The number of aromatic nitrogens is 2. The summed E-state index contributed by atoms with van der Waals surface area (Å²) >= 11 is 1.49. The van der Waals surface area contributed by atoms with Crippen LogP contribution in [0.3, 0.4) is 0 Å². The van der Waals surface area contributed by atoms with Crippen molar-refractivity contribution in [2.24, 2.45) is 0 Å². The van der Waals surface area contributed by atoms with E-state index < -0.39 is 29.2 Å². The molecule has 182 valence electrons. The van der Waals surface area contributed by atoms with Gasteiger partial charge in [0.15, 0.2) is 0 Å². The zero-order chi connectivity index (χ0) is 24.1. The van der Waals surface area contributed by atoms with E-state index in [0.29, 0.717) is 34.7 Å². The third kappa shape index (κ3) is 4.72. The summed E-state index contributed by atoms with van der Waals surface area (Å²) in [7, 11) is 0. The molecule has 4 nitrogen and oxygen atoms in total. The molecule has 0 radical (unpaired) electrons. The van der Waals surface area contributed by atoms with Crippen LogP contribution in [0.25, 0.3) is 10.2 Å². The predicted molar refractivity (Wildman–Crippen MR) is 115 cm³/mol. The molecule has 0 saturated carbocycles. The molecule has 0 amide bonds. The maximum absolute atomic E-state index is 13.3. The molecule has 0 atom stereocenters. The van der Waals surface area contributed by atoms with E-state index in [1.54, 1.807) is 0 Å². The lowest BCUT2D eigenvalue weighted by molar-refractivity contribution is -0.143. The van der Waals surface area contributed by atoms with Gasteiger partial charge in [0, 0.05) is 4.88 Å².